The van der Waals surface area contributed by atoms with Crippen molar-refractivity contribution in [2.24, 2.45) is 5.92 Å². The van der Waals surface area contributed by atoms with Gasteiger partial charge in [0.25, 0.3) is 0 Å². The fourth-order valence-corrected chi connectivity index (χ4v) is 2.28. The van der Waals surface area contributed by atoms with Crippen LogP contribution in [0.1, 0.15) is 51.4 Å². The van der Waals surface area contributed by atoms with Gasteiger partial charge in [0.1, 0.15) is 0 Å². The summed E-state index contributed by atoms with van der Waals surface area (Å²) in [5, 5.41) is 0. The first-order chi connectivity index (χ1) is 9.56. The Morgan fingerprint density at radius 3 is 1.55 bits per heavy atom. The van der Waals surface area contributed by atoms with E-state index in [1.807, 2.05) is 0 Å². The third-order valence-electron chi connectivity index (χ3n) is 3.79. The number of likely N-dealkylation sites (N-methyl/N-ethyl adjacent to an activating group) is 2. The monoisotopic (exact) mass is 352 g/mol. The Bertz CT molecular complexity index is 192. The SMILES string of the molecule is C1CCCC1.C=CC1C[CH-]CC1.CN(C)CCN(C)C.[CH3-].[Fe+3]. The minimum atomic E-state index is 0. The summed E-state index contributed by atoms with van der Waals surface area (Å²) in [5.74, 6) is 0.806. The third kappa shape index (κ3) is 20.2. The standard InChI is InChI=1S/C7H11.C6H16N2.C5H10.CH3.Fe/c1-2-7-5-3-4-6-7;1-7(2)5-6-8(3)4;1-2-4-5-3-1;;/h2-3,7H,1,4-6H2;5-6H2,1-4H3;1-5H2;1H3;/q-1;;;-1;+3. The quantitative estimate of drug-likeness (QED) is 0.412. The molecule has 0 N–H and O–H groups in total. The molecule has 2 aliphatic carbocycles. The summed E-state index contributed by atoms with van der Waals surface area (Å²) >= 11 is 0. The molecule has 3 heteroatoms. The van der Waals surface area contributed by atoms with E-state index in [0.717, 1.165) is 19.0 Å². The van der Waals surface area contributed by atoms with Crippen LogP contribution in [0, 0.1) is 19.8 Å². The third-order valence-corrected chi connectivity index (χ3v) is 3.79. The summed E-state index contributed by atoms with van der Waals surface area (Å²) in [7, 11) is 8.35. The van der Waals surface area contributed by atoms with Crippen molar-refractivity contribution in [2.75, 3.05) is 41.3 Å². The average Bonchev–Trinajstić information content (AvgIpc) is 3.12. The maximum Gasteiger partial charge on any atom is 3.00 e. The Kier molecular flexibility index (Phi) is 23.6. The van der Waals surface area contributed by atoms with Crippen LogP contribution in [0.4, 0.5) is 0 Å². The topological polar surface area (TPSA) is 6.48 Å². The van der Waals surface area contributed by atoms with Gasteiger partial charge in [-0.05, 0) is 28.2 Å². The number of nitrogens with zero attached hydrogens (tertiary/aromatic N) is 2. The molecule has 2 rings (SSSR count). The number of rotatable bonds is 4. The molecule has 0 bridgehead atoms. The minimum absolute atomic E-state index is 0. The van der Waals surface area contributed by atoms with Gasteiger partial charge in [-0.25, -0.2) is 0 Å². The van der Waals surface area contributed by atoms with Gasteiger partial charge in [-0.2, -0.15) is 12.8 Å². The van der Waals surface area contributed by atoms with E-state index in [-0.39, 0.29) is 24.5 Å². The van der Waals surface area contributed by atoms with E-state index < -0.39 is 0 Å². The Balaban J connectivity index is -0.000000240. The zero-order valence-corrected chi connectivity index (χ0v) is 16.9. The first-order valence-electron chi connectivity index (χ1n) is 8.30. The molecular formula is C19H40FeN2+. The van der Waals surface area contributed by atoms with E-state index in [4.69, 9.17) is 0 Å². The fraction of sp³-hybridized carbons (Fsp3) is 0.789. The maximum absolute atomic E-state index is 3.72. The molecular weight excluding hydrogens is 312 g/mol. The van der Waals surface area contributed by atoms with Crippen LogP contribution < -0.4 is 0 Å². The molecule has 133 valence electrons. The van der Waals surface area contributed by atoms with Gasteiger partial charge in [0.05, 0.1) is 0 Å². The summed E-state index contributed by atoms with van der Waals surface area (Å²) in [6.07, 6.45) is 15.8. The minimum Gasteiger partial charge on any atom is -0.358 e. The number of hydrogen-bond acceptors (Lipinski definition) is 2. The van der Waals surface area contributed by atoms with E-state index in [1.165, 1.54) is 51.4 Å². The van der Waals surface area contributed by atoms with E-state index in [1.54, 1.807) is 0 Å². The molecule has 1 atom stereocenters. The summed E-state index contributed by atoms with van der Waals surface area (Å²) in [5.41, 5.74) is 0. The molecule has 0 spiro atoms. The largest absolute Gasteiger partial charge is 3.00 e. The van der Waals surface area contributed by atoms with Crippen LogP contribution >= 0.6 is 0 Å². The Morgan fingerprint density at radius 1 is 0.955 bits per heavy atom. The van der Waals surface area contributed by atoms with E-state index >= 15 is 0 Å². The normalized spacial score (nSPS) is 19.3. The molecule has 1 radical (unpaired) electrons. The van der Waals surface area contributed by atoms with Crippen LogP contribution in [0.2, 0.25) is 0 Å². The fourth-order valence-electron chi connectivity index (χ4n) is 2.28. The van der Waals surface area contributed by atoms with Crippen molar-refractivity contribution in [2.45, 2.75) is 51.4 Å². The second kappa shape index (κ2) is 19.2. The van der Waals surface area contributed by atoms with E-state index in [9.17, 15) is 0 Å². The van der Waals surface area contributed by atoms with Crippen molar-refractivity contribution in [1.82, 2.24) is 9.80 Å². The van der Waals surface area contributed by atoms with Crippen molar-refractivity contribution in [1.29, 1.82) is 0 Å². The molecule has 0 aromatic rings. The van der Waals surface area contributed by atoms with Crippen LogP contribution in [-0.4, -0.2) is 51.1 Å². The van der Waals surface area contributed by atoms with Gasteiger partial charge in [0, 0.05) is 13.1 Å². The molecule has 2 saturated carbocycles. The molecule has 2 nitrogen and oxygen atoms in total. The zero-order chi connectivity index (χ0) is 15.2. The average molecular weight is 352 g/mol. The second-order valence-electron chi connectivity index (χ2n) is 6.47. The predicted molar refractivity (Wildman–Crippen MR) is 98.4 cm³/mol. The van der Waals surface area contributed by atoms with Crippen molar-refractivity contribution >= 4 is 0 Å². The van der Waals surface area contributed by atoms with E-state index in [2.05, 4.69) is 57.1 Å². The molecule has 0 aromatic carbocycles. The number of allylic oxidation sites excluding steroid dienone is 1. The van der Waals surface area contributed by atoms with Crippen LogP contribution in [0.3, 0.4) is 0 Å². The summed E-state index contributed by atoms with van der Waals surface area (Å²) in [6.45, 7) is 6.01. The van der Waals surface area contributed by atoms with Gasteiger partial charge in [0.15, 0.2) is 0 Å². The number of hydrogen-bond donors (Lipinski definition) is 0. The van der Waals surface area contributed by atoms with Gasteiger partial charge in [0.2, 0.25) is 0 Å². The van der Waals surface area contributed by atoms with Crippen LogP contribution in [0.5, 0.6) is 0 Å². The summed E-state index contributed by atoms with van der Waals surface area (Å²) in [4.78, 5) is 4.36. The predicted octanol–water partition coefficient (Wildman–Crippen LogP) is 4.68. The smallest absolute Gasteiger partial charge is 0.358 e. The van der Waals surface area contributed by atoms with Gasteiger partial charge in [-0.1, -0.05) is 50.5 Å². The molecule has 0 saturated heterocycles. The zero-order valence-electron chi connectivity index (χ0n) is 15.8. The molecule has 2 aliphatic rings. The first kappa shape index (κ1) is 27.0. The first-order valence-corrected chi connectivity index (χ1v) is 8.30. The second-order valence-corrected chi connectivity index (χ2v) is 6.47. The van der Waals surface area contributed by atoms with Gasteiger partial charge in [-0.15, -0.1) is 6.58 Å². The van der Waals surface area contributed by atoms with Crippen molar-refractivity contribution in [3.05, 3.63) is 26.5 Å². The Labute approximate surface area is 152 Å². The van der Waals surface area contributed by atoms with Crippen molar-refractivity contribution < 1.29 is 17.1 Å². The van der Waals surface area contributed by atoms with E-state index in [0.29, 0.717) is 0 Å². The molecule has 0 amide bonds. The molecule has 0 aliphatic heterocycles. The maximum atomic E-state index is 3.72. The van der Waals surface area contributed by atoms with Gasteiger partial charge >= 0.3 is 17.1 Å². The van der Waals surface area contributed by atoms with Crippen LogP contribution in [-0.2, 0) is 17.1 Å². The van der Waals surface area contributed by atoms with Gasteiger partial charge in [-0.3, -0.25) is 0 Å². The Morgan fingerprint density at radius 2 is 1.36 bits per heavy atom. The van der Waals surface area contributed by atoms with Crippen LogP contribution in [0.15, 0.2) is 12.7 Å². The molecule has 2 fully saturated rings. The molecule has 0 heterocycles. The molecule has 22 heavy (non-hydrogen) atoms. The summed E-state index contributed by atoms with van der Waals surface area (Å²) in [6, 6.07) is 0. The molecule has 0 aromatic heterocycles. The summed E-state index contributed by atoms with van der Waals surface area (Å²) < 4.78 is 0. The van der Waals surface area contributed by atoms with Crippen molar-refractivity contribution in [3.8, 4) is 0 Å². The molecule has 1 unspecified atom stereocenters. The van der Waals surface area contributed by atoms with Crippen molar-refractivity contribution in [3.63, 3.8) is 0 Å². The van der Waals surface area contributed by atoms with Gasteiger partial charge < -0.3 is 23.6 Å². The Hall–Kier alpha value is 0.179. The van der Waals surface area contributed by atoms with Crippen LogP contribution in [0.25, 0.3) is 0 Å².